The molecule has 0 aliphatic heterocycles. The molecule has 0 heterocycles. The third kappa shape index (κ3) is 2.74. The van der Waals surface area contributed by atoms with Crippen LogP contribution in [-0.4, -0.2) is 19.3 Å². The summed E-state index contributed by atoms with van der Waals surface area (Å²) in [4.78, 5) is 0. The minimum absolute atomic E-state index is 0.135. The molecule has 0 aromatic carbocycles. The molecule has 1 aliphatic rings. The van der Waals surface area contributed by atoms with E-state index in [0.717, 1.165) is 6.54 Å². The molecule has 0 saturated heterocycles. The molecule has 0 amide bonds. The second kappa shape index (κ2) is 5.52. The van der Waals surface area contributed by atoms with E-state index >= 15 is 0 Å². The molecule has 1 fully saturated rings. The van der Waals surface area contributed by atoms with Crippen LogP contribution in [-0.2, 0) is 0 Å². The van der Waals surface area contributed by atoms with E-state index in [0.29, 0.717) is 5.92 Å². The van der Waals surface area contributed by atoms with Crippen LogP contribution in [0.15, 0.2) is 0 Å². The highest BCUT2D eigenvalue weighted by Gasteiger charge is 2.22. The van der Waals surface area contributed by atoms with Gasteiger partial charge in [-0.15, -0.1) is 0 Å². The summed E-state index contributed by atoms with van der Waals surface area (Å²) in [5, 5.41) is 3.23. The van der Waals surface area contributed by atoms with E-state index in [9.17, 15) is 4.39 Å². The minimum atomic E-state index is -0.196. The van der Waals surface area contributed by atoms with Crippen molar-refractivity contribution in [1.29, 1.82) is 0 Å². The highest BCUT2D eigenvalue weighted by atomic mass is 19.1. The Morgan fingerprint density at radius 3 is 2.50 bits per heavy atom. The normalized spacial score (nSPS) is 22.5. The van der Waals surface area contributed by atoms with Gasteiger partial charge in [-0.25, -0.2) is 4.39 Å². The highest BCUT2D eigenvalue weighted by molar-refractivity contribution is 4.78. The smallest absolute Gasteiger partial charge is 0.105 e. The van der Waals surface area contributed by atoms with Crippen LogP contribution in [0.4, 0.5) is 4.39 Å². The number of hydrogen-bond acceptors (Lipinski definition) is 1. The van der Waals surface area contributed by atoms with Crippen LogP contribution in [0, 0.1) is 5.92 Å². The van der Waals surface area contributed by atoms with E-state index < -0.39 is 0 Å². The van der Waals surface area contributed by atoms with E-state index in [1.807, 2.05) is 6.92 Å². The van der Waals surface area contributed by atoms with Gasteiger partial charge in [-0.3, -0.25) is 0 Å². The Hall–Kier alpha value is -0.110. The van der Waals surface area contributed by atoms with Gasteiger partial charge in [-0.05, 0) is 25.3 Å². The number of rotatable bonds is 4. The van der Waals surface area contributed by atoms with E-state index in [4.69, 9.17) is 0 Å². The Balaban J connectivity index is 2.29. The average Bonchev–Trinajstić information content (AvgIpc) is 2.15. The fourth-order valence-corrected chi connectivity index (χ4v) is 2.15. The summed E-state index contributed by atoms with van der Waals surface area (Å²) in [5.41, 5.74) is 0. The second-order valence-corrected chi connectivity index (χ2v) is 3.72. The van der Waals surface area contributed by atoms with E-state index in [1.165, 1.54) is 32.1 Å². The maximum atomic E-state index is 12.6. The molecule has 1 rings (SSSR count). The lowest BCUT2D eigenvalue weighted by Crippen LogP contribution is -2.38. The number of halogens is 1. The second-order valence-electron chi connectivity index (χ2n) is 3.72. The minimum Gasteiger partial charge on any atom is -0.311 e. The topological polar surface area (TPSA) is 12.0 Å². The van der Waals surface area contributed by atoms with E-state index in [1.54, 1.807) is 0 Å². The average molecular weight is 173 g/mol. The van der Waals surface area contributed by atoms with Gasteiger partial charge < -0.3 is 5.32 Å². The molecule has 0 aromatic heterocycles. The molecular weight excluding hydrogens is 153 g/mol. The Bertz CT molecular complexity index is 108. The van der Waals surface area contributed by atoms with Crippen LogP contribution in [0.25, 0.3) is 0 Å². The zero-order valence-corrected chi connectivity index (χ0v) is 7.98. The van der Waals surface area contributed by atoms with Gasteiger partial charge in [0.05, 0.1) is 0 Å². The quantitative estimate of drug-likeness (QED) is 0.688. The van der Waals surface area contributed by atoms with Crippen molar-refractivity contribution < 1.29 is 4.39 Å². The van der Waals surface area contributed by atoms with Crippen LogP contribution in [0.5, 0.6) is 0 Å². The molecule has 1 nitrogen and oxygen atoms in total. The first-order valence-corrected chi connectivity index (χ1v) is 5.17. The fraction of sp³-hybridized carbons (Fsp3) is 1.00. The number of hydrogen-bond donors (Lipinski definition) is 1. The molecule has 1 unspecified atom stereocenters. The van der Waals surface area contributed by atoms with Crippen molar-refractivity contribution in [2.45, 2.75) is 45.1 Å². The summed E-state index contributed by atoms with van der Waals surface area (Å²) in [7, 11) is 0. The molecule has 72 valence electrons. The van der Waals surface area contributed by atoms with E-state index in [-0.39, 0.29) is 12.7 Å². The fourth-order valence-electron chi connectivity index (χ4n) is 2.15. The van der Waals surface area contributed by atoms with E-state index in [2.05, 4.69) is 5.32 Å². The summed E-state index contributed by atoms with van der Waals surface area (Å²) < 4.78 is 12.6. The Morgan fingerprint density at radius 2 is 2.00 bits per heavy atom. The third-order valence-corrected chi connectivity index (χ3v) is 2.85. The molecule has 12 heavy (non-hydrogen) atoms. The molecule has 1 saturated carbocycles. The van der Waals surface area contributed by atoms with Crippen molar-refractivity contribution in [2.75, 3.05) is 13.2 Å². The first-order valence-electron chi connectivity index (χ1n) is 5.17. The van der Waals surface area contributed by atoms with Crippen LogP contribution >= 0.6 is 0 Å². The molecular formula is C10H20FN. The van der Waals surface area contributed by atoms with Crippen molar-refractivity contribution in [3.05, 3.63) is 0 Å². The van der Waals surface area contributed by atoms with Gasteiger partial charge in [0, 0.05) is 6.04 Å². The van der Waals surface area contributed by atoms with Crippen LogP contribution < -0.4 is 5.32 Å². The maximum absolute atomic E-state index is 12.6. The van der Waals surface area contributed by atoms with Gasteiger partial charge in [-0.1, -0.05) is 26.2 Å². The van der Waals surface area contributed by atoms with Crippen molar-refractivity contribution >= 4 is 0 Å². The third-order valence-electron chi connectivity index (χ3n) is 2.85. The Labute approximate surface area is 74.7 Å². The number of nitrogens with one attached hydrogen (secondary N) is 1. The van der Waals surface area contributed by atoms with Crippen LogP contribution in [0.3, 0.4) is 0 Å². The van der Waals surface area contributed by atoms with Crippen molar-refractivity contribution in [3.8, 4) is 0 Å². The molecule has 1 N–H and O–H groups in total. The number of alkyl halides is 1. The molecule has 0 aromatic rings. The van der Waals surface area contributed by atoms with Gasteiger partial charge in [0.25, 0.3) is 0 Å². The summed E-state index contributed by atoms with van der Waals surface area (Å²) in [6, 6.07) is 0.135. The Morgan fingerprint density at radius 1 is 1.33 bits per heavy atom. The first-order chi connectivity index (χ1) is 5.88. The Kier molecular flexibility index (Phi) is 4.59. The molecule has 1 atom stereocenters. The molecule has 0 radical (unpaired) electrons. The van der Waals surface area contributed by atoms with Crippen molar-refractivity contribution in [2.24, 2.45) is 5.92 Å². The lowest BCUT2D eigenvalue weighted by Gasteiger charge is -2.28. The van der Waals surface area contributed by atoms with Gasteiger partial charge in [-0.2, -0.15) is 0 Å². The standard InChI is InChI=1S/C10H20FN/c1-2-12-10(8-11)9-6-4-3-5-7-9/h9-10,12H,2-8H2,1H3. The van der Waals surface area contributed by atoms with Crippen LogP contribution in [0.2, 0.25) is 0 Å². The van der Waals surface area contributed by atoms with Gasteiger partial charge >= 0.3 is 0 Å². The molecule has 1 aliphatic carbocycles. The van der Waals surface area contributed by atoms with Crippen molar-refractivity contribution in [1.82, 2.24) is 5.32 Å². The molecule has 2 heteroatoms. The maximum Gasteiger partial charge on any atom is 0.105 e. The van der Waals surface area contributed by atoms with Gasteiger partial charge in [0.2, 0.25) is 0 Å². The van der Waals surface area contributed by atoms with Gasteiger partial charge in [0.1, 0.15) is 6.67 Å². The summed E-state index contributed by atoms with van der Waals surface area (Å²) in [5.74, 6) is 0.601. The largest absolute Gasteiger partial charge is 0.311 e. The monoisotopic (exact) mass is 173 g/mol. The zero-order chi connectivity index (χ0) is 8.81. The lowest BCUT2D eigenvalue weighted by molar-refractivity contribution is 0.232. The summed E-state index contributed by atoms with van der Waals surface area (Å²) >= 11 is 0. The summed E-state index contributed by atoms with van der Waals surface area (Å²) in [6.45, 7) is 2.75. The predicted octanol–water partition coefficient (Wildman–Crippen LogP) is 2.51. The first kappa shape index (κ1) is 9.97. The highest BCUT2D eigenvalue weighted by Crippen LogP contribution is 2.26. The molecule has 0 bridgehead atoms. The molecule has 0 spiro atoms. The predicted molar refractivity (Wildman–Crippen MR) is 50.0 cm³/mol. The van der Waals surface area contributed by atoms with Crippen molar-refractivity contribution in [3.63, 3.8) is 0 Å². The van der Waals surface area contributed by atoms with Crippen LogP contribution in [0.1, 0.15) is 39.0 Å². The van der Waals surface area contributed by atoms with Gasteiger partial charge in [0.15, 0.2) is 0 Å². The lowest BCUT2D eigenvalue weighted by atomic mass is 9.84. The SMILES string of the molecule is CCNC(CF)C1CCCCC1. The zero-order valence-electron chi connectivity index (χ0n) is 7.98. The summed E-state index contributed by atoms with van der Waals surface area (Å²) in [6.07, 6.45) is 6.39.